The highest BCUT2D eigenvalue weighted by Gasteiger charge is 2.12. The summed E-state index contributed by atoms with van der Waals surface area (Å²) in [5.41, 5.74) is 3.60. The van der Waals surface area contributed by atoms with Gasteiger partial charge in [-0.05, 0) is 28.3 Å². The largest absolute Gasteiger partial charge is 0.387 e. The molecule has 2 aromatic carbocycles. The van der Waals surface area contributed by atoms with E-state index in [1.54, 1.807) is 12.2 Å². The summed E-state index contributed by atoms with van der Waals surface area (Å²) in [7, 11) is -3.53. The summed E-state index contributed by atoms with van der Waals surface area (Å²) in [6, 6.07) is 19.3. The van der Waals surface area contributed by atoms with Crippen LogP contribution in [0.1, 0.15) is 11.1 Å². The van der Waals surface area contributed by atoms with Crippen LogP contribution in [0.15, 0.2) is 97.6 Å². The topological polar surface area (TPSA) is 43.4 Å². The third-order valence-electron chi connectivity index (χ3n) is 3.21. The van der Waals surface area contributed by atoms with E-state index in [1.165, 1.54) is 6.26 Å². The Morgan fingerprint density at radius 1 is 0.958 bits per heavy atom. The summed E-state index contributed by atoms with van der Waals surface area (Å²) in [6.07, 6.45) is 4.56. The van der Waals surface area contributed by atoms with E-state index in [1.807, 2.05) is 60.7 Å². The molecule has 4 heteroatoms. The summed E-state index contributed by atoms with van der Waals surface area (Å²) in [5.74, 6) is 0. The van der Waals surface area contributed by atoms with Crippen LogP contribution in [0, 0.1) is 0 Å². The number of allylic oxidation sites excluding steroid dienone is 4. The summed E-state index contributed by atoms with van der Waals surface area (Å²) >= 11 is 0. The zero-order valence-corrected chi connectivity index (χ0v) is 13.9. The van der Waals surface area contributed by atoms with Crippen LogP contribution in [0.2, 0.25) is 0 Å². The molecule has 0 saturated carbocycles. The average molecular weight is 338 g/mol. The van der Waals surface area contributed by atoms with E-state index in [0.29, 0.717) is 5.57 Å². The van der Waals surface area contributed by atoms with E-state index < -0.39 is 10.1 Å². The molecule has 0 aromatic heterocycles. The standard InChI is InChI=1S/C10H8O3S.C10H10/c11-14(12)8-10(6-7-13-14)9-4-2-1-3-5-9;1-3-9(2)10-7-5-4-6-8-10/h1-8H;3-8H,1-2H2. The van der Waals surface area contributed by atoms with Crippen molar-refractivity contribution in [2.45, 2.75) is 0 Å². The van der Waals surface area contributed by atoms with Crippen LogP contribution in [0.3, 0.4) is 0 Å². The highest BCUT2D eigenvalue weighted by molar-refractivity contribution is 7.90. The minimum absolute atomic E-state index is 0.636. The Labute approximate surface area is 143 Å². The molecule has 0 bridgehead atoms. The Hall–Kier alpha value is -2.85. The van der Waals surface area contributed by atoms with Crippen LogP contribution < -0.4 is 0 Å². The minimum atomic E-state index is -3.53. The summed E-state index contributed by atoms with van der Waals surface area (Å²) in [6.45, 7) is 7.46. The second-order valence-electron chi connectivity index (χ2n) is 4.93. The highest BCUT2D eigenvalue weighted by atomic mass is 32.2. The molecular weight excluding hydrogens is 320 g/mol. The van der Waals surface area contributed by atoms with Crippen molar-refractivity contribution < 1.29 is 12.6 Å². The Morgan fingerprint density at radius 2 is 1.54 bits per heavy atom. The van der Waals surface area contributed by atoms with Crippen molar-refractivity contribution in [1.29, 1.82) is 0 Å². The Bertz CT molecular complexity index is 862. The second kappa shape index (κ2) is 8.13. The smallest absolute Gasteiger partial charge is 0.332 e. The summed E-state index contributed by atoms with van der Waals surface area (Å²) in [5, 5.41) is 1.11. The molecule has 1 aliphatic rings. The fourth-order valence-corrected chi connectivity index (χ4v) is 2.76. The van der Waals surface area contributed by atoms with E-state index in [0.717, 1.165) is 22.1 Å². The van der Waals surface area contributed by atoms with Gasteiger partial charge in [-0.2, -0.15) is 8.42 Å². The first-order valence-electron chi connectivity index (χ1n) is 7.25. The molecule has 3 nitrogen and oxygen atoms in total. The maximum atomic E-state index is 11.1. The quantitative estimate of drug-likeness (QED) is 0.597. The van der Waals surface area contributed by atoms with E-state index in [9.17, 15) is 8.42 Å². The molecule has 122 valence electrons. The van der Waals surface area contributed by atoms with E-state index in [2.05, 4.69) is 17.3 Å². The van der Waals surface area contributed by atoms with Crippen LogP contribution in [0.4, 0.5) is 0 Å². The lowest BCUT2D eigenvalue weighted by Crippen LogP contribution is -2.01. The SMILES string of the molecule is C=CC(=C)c1ccccc1.O=S1(=O)C=C(c2ccccc2)C=CO1. The van der Waals surface area contributed by atoms with Gasteiger partial charge in [-0.3, -0.25) is 0 Å². The lowest BCUT2D eigenvalue weighted by atomic mass is 10.1. The second-order valence-corrected chi connectivity index (χ2v) is 6.34. The van der Waals surface area contributed by atoms with Crippen molar-refractivity contribution in [3.63, 3.8) is 0 Å². The van der Waals surface area contributed by atoms with E-state index >= 15 is 0 Å². The molecule has 2 aromatic rings. The van der Waals surface area contributed by atoms with Crippen LogP contribution in [-0.2, 0) is 14.3 Å². The zero-order chi connectivity index (χ0) is 17.4. The number of hydrogen-bond donors (Lipinski definition) is 0. The Balaban J connectivity index is 0.000000185. The maximum Gasteiger partial charge on any atom is 0.332 e. The molecule has 24 heavy (non-hydrogen) atoms. The summed E-state index contributed by atoms with van der Waals surface area (Å²) in [4.78, 5) is 0. The van der Waals surface area contributed by atoms with Crippen LogP contribution in [0.5, 0.6) is 0 Å². The van der Waals surface area contributed by atoms with Gasteiger partial charge in [0.25, 0.3) is 0 Å². The number of hydrogen-bond acceptors (Lipinski definition) is 3. The molecular formula is C20H18O3S. The molecule has 0 unspecified atom stereocenters. The van der Waals surface area contributed by atoms with Crippen molar-refractivity contribution in [3.05, 3.63) is 109 Å². The third kappa shape index (κ3) is 5.11. The van der Waals surface area contributed by atoms with Gasteiger partial charge in [-0.25, -0.2) is 0 Å². The van der Waals surface area contributed by atoms with Crippen LogP contribution in [-0.4, -0.2) is 8.42 Å². The van der Waals surface area contributed by atoms with Crippen molar-refractivity contribution in [2.75, 3.05) is 0 Å². The number of benzene rings is 2. The first-order valence-corrected chi connectivity index (χ1v) is 8.73. The Morgan fingerprint density at radius 3 is 2.08 bits per heavy atom. The molecule has 0 radical (unpaired) electrons. The van der Waals surface area contributed by atoms with Crippen LogP contribution >= 0.6 is 0 Å². The third-order valence-corrected chi connectivity index (χ3v) is 4.13. The first kappa shape index (κ1) is 17.5. The van der Waals surface area contributed by atoms with Gasteiger partial charge in [0.1, 0.15) is 6.26 Å². The maximum absolute atomic E-state index is 11.1. The monoisotopic (exact) mass is 338 g/mol. The lowest BCUT2D eigenvalue weighted by Gasteiger charge is -2.07. The van der Waals surface area contributed by atoms with E-state index in [-0.39, 0.29) is 0 Å². The van der Waals surface area contributed by atoms with Gasteiger partial charge in [0.05, 0.1) is 5.41 Å². The molecule has 0 aliphatic carbocycles. The van der Waals surface area contributed by atoms with Crippen molar-refractivity contribution >= 4 is 21.3 Å². The van der Waals surface area contributed by atoms with Crippen molar-refractivity contribution in [1.82, 2.24) is 0 Å². The average Bonchev–Trinajstić information content (AvgIpc) is 2.62. The van der Waals surface area contributed by atoms with Gasteiger partial charge in [0.15, 0.2) is 0 Å². The van der Waals surface area contributed by atoms with Crippen molar-refractivity contribution in [3.8, 4) is 0 Å². The Kier molecular flexibility index (Phi) is 5.93. The fourth-order valence-electron chi connectivity index (χ4n) is 1.97. The molecule has 0 spiro atoms. The minimum Gasteiger partial charge on any atom is -0.387 e. The predicted molar refractivity (Wildman–Crippen MR) is 99.2 cm³/mol. The van der Waals surface area contributed by atoms with E-state index in [4.69, 9.17) is 0 Å². The molecule has 1 heterocycles. The first-order chi connectivity index (χ1) is 11.5. The van der Waals surface area contributed by atoms with Gasteiger partial charge >= 0.3 is 10.1 Å². The highest BCUT2D eigenvalue weighted by Crippen LogP contribution is 2.21. The van der Waals surface area contributed by atoms with Crippen molar-refractivity contribution in [2.24, 2.45) is 0 Å². The predicted octanol–water partition coefficient (Wildman–Crippen LogP) is 4.79. The molecule has 0 N–H and O–H groups in total. The molecule has 0 atom stereocenters. The van der Waals surface area contributed by atoms with Gasteiger partial charge in [-0.1, -0.05) is 79.9 Å². The fraction of sp³-hybridized carbons (Fsp3) is 0. The molecule has 3 rings (SSSR count). The zero-order valence-electron chi connectivity index (χ0n) is 13.1. The normalized spacial score (nSPS) is 14.4. The number of rotatable bonds is 3. The van der Waals surface area contributed by atoms with Crippen LogP contribution in [0.25, 0.3) is 11.1 Å². The molecule has 0 amide bonds. The molecule has 0 saturated heterocycles. The summed E-state index contributed by atoms with van der Waals surface area (Å²) < 4.78 is 26.6. The van der Waals surface area contributed by atoms with Gasteiger partial charge in [0, 0.05) is 0 Å². The van der Waals surface area contributed by atoms with Gasteiger partial charge < -0.3 is 4.18 Å². The molecule has 0 fully saturated rings. The van der Waals surface area contributed by atoms with Gasteiger partial charge in [0.2, 0.25) is 0 Å². The van der Waals surface area contributed by atoms with Gasteiger partial charge in [-0.15, -0.1) is 0 Å². The lowest BCUT2D eigenvalue weighted by molar-refractivity contribution is 0.452. The molecule has 1 aliphatic heterocycles.